The molecule has 0 aliphatic heterocycles. The third-order valence-corrected chi connectivity index (χ3v) is 3.79. The molecule has 0 aromatic carbocycles. The van der Waals surface area contributed by atoms with Gasteiger partial charge in [0, 0.05) is 13.7 Å². The van der Waals surface area contributed by atoms with Gasteiger partial charge in [0.2, 0.25) is 5.82 Å². The Kier molecular flexibility index (Phi) is 4.59. The molecule has 1 aliphatic carbocycles. The Hall–Kier alpha value is -1.63. The molecule has 2 atom stereocenters. The summed E-state index contributed by atoms with van der Waals surface area (Å²) in [6, 6.07) is 0.116. The first-order valence-corrected chi connectivity index (χ1v) is 7.09. The number of nitrogens with zero attached hydrogens (tertiary/aromatic N) is 3. The Labute approximate surface area is 118 Å². The van der Waals surface area contributed by atoms with Crippen LogP contribution in [0.25, 0.3) is 0 Å². The standard InChI is InChI=1S/C13H22N4O3/c1-4-8-16-13(12(17(18)19)9(2)15-16)14-10-6-5-7-11(10)20-3/h10-11,14H,4-8H2,1-3H3. The summed E-state index contributed by atoms with van der Waals surface area (Å²) in [6.07, 6.45) is 4.02. The third-order valence-electron chi connectivity index (χ3n) is 3.79. The molecule has 1 aromatic heterocycles. The molecule has 1 aliphatic rings. The molecule has 1 aromatic rings. The van der Waals surface area contributed by atoms with Crippen LogP contribution in [0.5, 0.6) is 0 Å². The number of methoxy groups -OCH3 is 1. The minimum absolute atomic E-state index is 0.0835. The zero-order valence-corrected chi connectivity index (χ0v) is 12.3. The quantitative estimate of drug-likeness (QED) is 0.640. The van der Waals surface area contributed by atoms with Crippen molar-refractivity contribution < 1.29 is 9.66 Å². The van der Waals surface area contributed by atoms with Crippen molar-refractivity contribution in [3.63, 3.8) is 0 Å². The molecule has 2 rings (SSSR count). The van der Waals surface area contributed by atoms with E-state index in [-0.39, 0.29) is 22.8 Å². The molecule has 0 amide bonds. The van der Waals surface area contributed by atoms with Crippen LogP contribution in [0.3, 0.4) is 0 Å². The van der Waals surface area contributed by atoms with E-state index in [1.54, 1.807) is 18.7 Å². The molecule has 1 fully saturated rings. The fraction of sp³-hybridized carbons (Fsp3) is 0.769. The molecule has 112 valence electrons. The minimum atomic E-state index is -0.354. The van der Waals surface area contributed by atoms with E-state index in [9.17, 15) is 10.1 Å². The highest BCUT2D eigenvalue weighted by atomic mass is 16.6. The van der Waals surface area contributed by atoms with Crippen LogP contribution in [0.1, 0.15) is 38.3 Å². The highest BCUT2D eigenvalue weighted by Crippen LogP contribution is 2.32. The van der Waals surface area contributed by atoms with Crippen molar-refractivity contribution in [1.29, 1.82) is 0 Å². The monoisotopic (exact) mass is 282 g/mol. The van der Waals surface area contributed by atoms with Crippen LogP contribution < -0.4 is 5.32 Å². The molecular weight excluding hydrogens is 260 g/mol. The lowest BCUT2D eigenvalue weighted by molar-refractivity contribution is -0.384. The molecule has 0 bridgehead atoms. The van der Waals surface area contributed by atoms with Crippen molar-refractivity contribution in [2.24, 2.45) is 0 Å². The fourth-order valence-corrected chi connectivity index (χ4v) is 2.86. The molecule has 20 heavy (non-hydrogen) atoms. The number of ether oxygens (including phenoxy) is 1. The van der Waals surface area contributed by atoms with Gasteiger partial charge in [-0.3, -0.25) is 10.1 Å². The van der Waals surface area contributed by atoms with Gasteiger partial charge in [-0.05, 0) is 32.6 Å². The lowest BCUT2D eigenvalue weighted by Crippen LogP contribution is -2.31. The molecular formula is C13H22N4O3. The summed E-state index contributed by atoms with van der Waals surface area (Å²) in [7, 11) is 1.69. The number of hydrogen-bond acceptors (Lipinski definition) is 5. The summed E-state index contributed by atoms with van der Waals surface area (Å²) >= 11 is 0. The Balaban J connectivity index is 2.30. The molecule has 2 unspecified atom stereocenters. The predicted molar refractivity (Wildman–Crippen MR) is 76.0 cm³/mol. The van der Waals surface area contributed by atoms with E-state index in [2.05, 4.69) is 10.4 Å². The van der Waals surface area contributed by atoms with Gasteiger partial charge < -0.3 is 10.1 Å². The molecule has 0 saturated heterocycles. The molecule has 1 heterocycles. The topological polar surface area (TPSA) is 82.2 Å². The van der Waals surface area contributed by atoms with Crippen molar-refractivity contribution in [3.8, 4) is 0 Å². The van der Waals surface area contributed by atoms with Gasteiger partial charge in [-0.2, -0.15) is 5.10 Å². The number of nitrogens with one attached hydrogen (secondary N) is 1. The van der Waals surface area contributed by atoms with Gasteiger partial charge in [0.05, 0.1) is 17.1 Å². The van der Waals surface area contributed by atoms with E-state index in [4.69, 9.17) is 4.74 Å². The number of rotatable bonds is 6. The van der Waals surface area contributed by atoms with Crippen LogP contribution in [-0.4, -0.2) is 34.0 Å². The summed E-state index contributed by atoms with van der Waals surface area (Å²) in [5.74, 6) is 0.517. The van der Waals surface area contributed by atoms with Crippen LogP contribution in [-0.2, 0) is 11.3 Å². The average Bonchev–Trinajstić information content (AvgIpc) is 2.95. The second-order valence-electron chi connectivity index (χ2n) is 5.22. The van der Waals surface area contributed by atoms with Crippen LogP contribution in [0, 0.1) is 17.0 Å². The summed E-state index contributed by atoms with van der Waals surface area (Å²) in [5.41, 5.74) is 0.540. The van der Waals surface area contributed by atoms with Gasteiger partial charge in [-0.15, -0.1) is 0 Å². The Morgan fingerprint density at radius 3 is 2.90 bits per heavy atom. The van der Waals surface area contributed by atoms with Crippen molar-refractivity contribution in [3.05, 3.63) is 15.8 Å². The smallest absolute Gasteiger partial charge is 0.333 e. The minimum Gasteiger partial charge on any atom is -0.379 e. The van der Waals surface area contributed by atoms with Gasteiger partial charge in [0.1, 0.15) is 5.69 Å². The van der Waals surface area contributed by atoms with E-state index in [0.717, 1.165) is 25.7 Å². The maximum atomic E-state index is 11.3. The number of anilines is 1. The van der Waals surface area contributed by atoms with Crippen LogP contribution in [0.2, 0.25) is 0 Å². The maximum Gasteiger partial charge on any atom is 0.333 e. The fourth-order valence-electron chi connectivity index (χ4n) is 2.86. The van der Waals surface area contributed by atoms with E-state index in [1.165, 1.54) is 0 Å². The van der Waals surface area contributed by atoms with Crippen LogP contribution >= 0.6 is 0 Å². The largest absolute Gasteiger partial charge is 0.379 e. The van der Waals surface area contributed by atoms with Gasteiger partial charge in [0.15, 0.2) is 0 Å². The first kappa shape index (κ1) is 14.8. The van der Waals surface area contributed by atoms with E-state index < -0.39 is 0 Å². The Morgan fingerprint density at radius 1 is 1.55 bits per heavy atom. The average molecular weight is 282 g/mol. The number of aromatic nitrogens is 2. The number of nitro groups is 1. The maximum absolute atomic E-state index is 11.3. The molecule has 1 saturated carbocycles. The van der Waals surface area contributed by atoms with Crippen molar-refractivity contribution in [1.82, 2.24) is 9.78 Å². The van der Waals surface area contributed by atoms with E-state index in [0.29, 0.717) is 18.1 Å². The van der Waals surface area contributed by atoms with Gasteiger partial charge >= 0.3 is 5.69 Å². The van der Waals surface area contributed by atoms with Crippen LogP contribution in [0.15, 0.2) is 0 Å². The van der Waals surface area contributed by atoms with Crippen molar-refractivity contribution in [2.45, 2.75) is 58.2 Å². The third kappa shape index (κ3) is 2.77. The van der Waals surface area contributed by atoms with Gasteiger partial charge in [-0.1, -0.05) is 6.92 Å². The molecule has 1 N–H and O–H groups in total. The second-order valence-corrected chi connectivity index (χ2v) is 5.22. The highest BCUT2D eigenvalue weighted by Gasteiger charge is 2.32. The summed E-state index contributed by atoms with van der Waals surface area (Å²) in [5, 5.41) is 18.9. The molecule has 7 nitrogen and oxygen atoms in total. The first-order valence-electron chi connectivity index (χ1n) is 7.09. The normalized spacial score (nSPS) is 22.1. The summed E-state index contributed by atoms with van der Waals surface area (Å²) in [6.45, 7) is 4.37. The van der Waals surface area contributed by atoms with Gasteiger partial charge in [-0.25, -0.2) is 4.68 Å². The van der Waals surface area contributed by atoms with Crippen molar-refractivity contribution >= 4 is 11.5 Å². The van der Waals surface area contributed by atoms with Gasteiger partial charge in [0.25, 0.3) is 0 Å². The predicted octanol–water partition coefficient (Wildman–Crippen LogP) is 2.49. The Bertz CT molecular complexity index is 486. The van der Waals surface area contributed by atoms with Crippen molar-refractivity contribution in [2.75, 3.05) is 12.4 Å². The lowest BCUT2D eigenvalue weighted by Gasteiger charge is -2.20. The van der Waals surface area contributed by atoms with E-state index in [1.807, 2.05) is 6.92 Å². The molecule has 0 spiro atoms. The van der Waals surface area contributed by atoms with Crippen LogP contribution in [0.4, 0.5) is 11.5 Å². The second kappa shape index (κ2) is 6.21. The first-order chi connectivity index (χ1) is 9.58. The molecule has 7 heteroatoms. The summed E-state index contributed by atoms with van der Waals surface area (Å²) in [4.78, 5) is 10.9. The number of aryl methyl sites for hydroxylation is 2. The Morgan fingerprint density at radius 2 is 2.30 bits per heavy atom. The zero-order chi connectivity index (χ0) is 14.7. The zero-order valence-electron chi connectivity index (χ0n) is 12.3. The SMILES string of the molecule is CCCn1nc(C)c([N+](=O)[O-])c1NC1CCCC1OC. The number of hydrogen-bond donors (Lipinski definition) is 1. The highest BCUT2D eigenvalue weighted by molar-refractivity contribution is 5.60. The van der Waals surface area contributed by atoms with E-state index >= 15 is 0 Å². The molecule has 0 radical (unpaired) electrons. The summed E-state index contributed by atoms with van der Waals surface area (Å²) < 4.78 is 7.15. The lowest BCUT2D eigenvalue weighted by atomic mass is 10.2.